The number of nitrogens with zero attached hydrogens (tertiary/aromatic N) is 3. The molecule has 9 heteroatoms. The minimum atomic E-state index is -0.271. The van der Waals surface area contributed by atoms with Gasteiger partial charge in [-0.15, -0.1) is 0 Å². The Morgan fingerprint density at radius 3 is 2.44 bits per heavy atom. The molecule has 1 amide bonds. The lowest BCUT2D eigenvalue weighted by Gasteiger charge is -2.36. The Hall–Kier alpha value is -2.48. The third-order valence-corrected chi connectivity index (χ3v) is 8.28. The second kappa shape index (κ2) is 17.5. The highest BCUT2D eigenvalue weighted by Gasteiger charge is 2.20. The first-order valence-corrected chi connectivity index (χ1v) is 15.6. The summed E-state index contributed by atoms with van der Waals surface area (Å²) >= 11 is 12.6. The number of piperazine rings is 1. The molecule has 1 aliphatic heterocycles. The van der Waals surface area contributed by atoms with Crippen molar-refractivity contribution in [3.8, 4) is 5.75 Å². The number of halogens is 2. The molecule has 0 aliphatic carbocycles. The monoisotopic (exact) mass is 605 g/mol. The van der Waals surface area contributed by atoms with Gasteiger partial charge in [-0.3, -0.25) is 19.4 Å². The van der Waals surface area contributed by atoms with Crippen LogP contribution < -0.4 is 14.5 Å². The fourth-order valence-corrected chi connectivity index (χ4v) is 5.37. The van der Waals surface area contributed by atoms with E-state index in [9.17, 15) is 9.59 Å². The number of aryl methyl sites for hydroxylation is 1. The molecular formula is C32H45Cl2N3O4. The summed E-state index contributed by atoms with van der Waals surface area (Å²) in [6, 6.07) is 11.5. The summed E-state index contributed by atoms with van der Waals surface area (Å²) in [5, 5.41) is 1.22. The number of unbranched alkanes of at least 4 members (excludes halogenated alkanes) is 5. The van der Waals surface area contributed by atoms with Crippen molar-refractivity contribution >= 4 is 46.5 Å². The predicted molar refractivity (Wildman–Crippen MR) is 169 cm³/mol. The van der Waals surface area contributed by atoms with Crippen LogP contribution in [0, 0.1) is 6.92 Å². The van der Waals surface area contributed by atoms with Crippen molar-refractivity contribution in [1.29, 1.82) is 0 Å². The van der Waals surface area contributed by atoms with E-state index in [1.54, 1.807) is 0 Å². The molecular weight excluding hydrogens is 561 g/mol. The lowest BCUT2D eigenvalue weighted by molar-refractivity contribution is -0.144. The molecule has 0 saturated carbocycles. The van der Waals surface area contributed by atoms with E-state index in [4.69, 9.17) is 32.7 Å². The zero-order valence-electron chi connectivity index (χ0n) is 24.8. The molecule has 0 spiro atoms. The van der Waals surface area contributed by atoms with E-state index in [0.29, 0.717) is 34.5 Å². The average molecular weight is 607 g/mol. The fraction of sp³-hybridized carbons (Fsp3) is 0.562. The standard InChI is InChI=1S/C32H45Cl2N3O4/c1-4-5-6-7-8-14-31(39)41-24-37(26(3)38)30-23-27(16-15-25(30)2)40-22-10-9-17-35-18-20-36(21-19-35)29-13-11-12-28(33)32(29)34/h11-13,15-16,23H,4-10,14,17-22,24H2,1-3H3. The summed E-state index contributed by atoms with van der Waals surface area (Å²) in [6.45, 7) is 10.9. The number of hydrogen-bond donors (Lipinski definition) is 0. The Balaban J connectivity index is 1.39. The lowest BCUT2D eigenvalue weighted by Crippen LogP contribution is -2.46. The van der Waals surface area contributed by atoms with Crippen LogP contribution in [-0.4, -0.2) is 62.8 Å². The summed E-state index contributed by atoms with van der Waals surface area (Å²) in [6.07, 6.45) is 7.66. The molecule has 2 aromatic carbocycles. The van der Waals surface area contributed by atoms with Gasteiger partial charge in [-0.1, -0.05) is 67.9 Å². The normalized spacial score (nSPS) is 13.7. The molecule has 0 unspecified atom stereocenters. The summed E-state index contributed by atoms with van der Waals surface area (Å²) in [5.74, 6) is 0.248. The van der Waals surface area contributed by atoms with Crippen molar-refractivity contribution in [2.75, 3.05) is 55.9 Å². The molecule has 0 bridgehead atoms. The third-order valence-electron chi connectivity index (χ3n) is 7.47. The minimum Gasteiger partial charge on any atom is -0.494 e. The first-order valence-electron chi connectivity index (χ1n) is 14.9. The second-order valence-electron chi connectivity index (χ2n) is 10.7. The quantitative estimate of drug-likeness (QED) is 0.112. The molecule has 1 saturated heterocycles. The highest BCUT2D eigenvalue weighted by Crippen LogP contribution is 2.33. The van der Waals surface area contributed by atoms with Crippen LogP contribution in [0.5, 0.6) is 5.75 Å². The van der Waals surface area contributed by atoms with Crippen molar-refractivity contribution < 1.29 is 19.1 Å². The summed E-state index contributed by atoms with van der Waals surface area (Å²) in [5.41, 5.74) is 2.62. The smallest absolute Gasteiger partial charge is 0.307 e. The summed E-state index contributed by atoms with van der Waals surface area (Å²) in [7, 11) is 0. The summed E-state index contributed by atoms with van der Waals surface area (Å²) < 4.78 is 11.5. The van der Waals surface area contributed by atoms with Gasteiger partial charge in [0.05, 0.1) is 28.0 Å². The van der Waals surface area contributed by atoms with Crippen molar-refractivity contribution in [2.24, 2.45) is 0 Å². The summed E-state index contributed by atoms with van der Waals surface area (Å²) in [4.78, 5) is 30.9. The molecule has 1 heterocycles. The molecule has 1 fully saturated rings. The van der Waals surface area contributed by atoms with Gasteiger partial charge in [-0.05, 0) is 56.5 Å². The zero-order chi connectivity index (χ0) is 29.6. The number of anilines is 2. The highest BCUT2D eigenvalue weighted by atomic mass is 35.5. The van der Waals surface area contributed by atoms with Crippen LogP contribution in [-0.2, 0) is 14.3 Å². The van der Waals surface area contributed by atoms with Crippen LogP contribution in [0.3, 0.4) is 0 Å². The van der Waals surface area contributed by atoms with Crippen LogP contribution in [0.25, 0.3) is 0 Å². The number of carbonyl (C=O) groups is 2. The van der Waals surface area contributed by atoms with E-state index >= 15 is 0 Å². The Morgan fingerprint density at radius 2 is 1.71 bits per heavy atom. The van der Waals surface area contributed by atoms with Crippen molar-refractivity contribution in [1.82, 2.24) is 4.90 Å². The van der Waals surface area contributed by atoms with Crippen molar-refractivity contribution in [3.63, 3.8) is 0 Å². The van der Waals surface area contributed by atoms with Gasteiger partial charge < -0.3 is 14.4 Å². The molecule has 0 N–H and O–H groups in total. The van der Waals surface area contributed by atoms with Crippen LogP contribution in [0.4, 0.5) is 11.4 Å². The molecule has 3 rings (SSSR count). The van der Waals surface area contributed by atoms with Gasteiger partial charge in [-0.2, -0.15) is 0 Å². The van der Waals surface area contributed by atoms with Crippen LogP contribution in [0.15, 0.2) is 36.4 Å². The molecule has 226 valence electrons. The fourth-order valence-electron chi connectivity index (χ4n) is 4.96. The highest BCUT2D eigenvalue weighted by molar-refractivity contribution is 6.43. The van der Waals surface area contributed by atoms with E-state index in [0.717, 1.165) is 76.1 Å². The SMILES string of the molecule is CCCCCCCC(=O)OCN(C(C)=O)c1cc(OCCCCN2CCN(c3cccc(Cl)c3Cl)CC2)ccc1C. The van der Waals surface area contributed by atoms with Gasteiger partial charge in [0.15, 0.2) is 6.73 Å². The van der Waals surface area contributed by atoms with Crippen LogP contribution in [0.1, 0.15) is 70.8 Å². The number of carbonyl (C=O) groups excluding carboxylic acids is 2. The van der Waals surface area contributed by atoms with Gasteiger partial charge in [0.1, 0.15) is 5.75 Å². The van der Waals surface area contributed by atoms with E-state index in [2.05, 4.69) is 16.7 Å². The van der Waals surface area contributed by atoms with Gasteiger partial charge in [-0.25, -0.2) is 0 Å². The maximum atomic E-state index is 12.4. The molecule has 1 aliphatic rings. The predicted octanol–water partition coefficient (Wildman–Crippen LogP) is 7.50. The average Bonchev–Trinajstić information content (AvgIpc) is 2.96. The zero-order valence-corrected chi connectivity index (χ0v) is 26.3. The number of rotatable bonds is 16. The lowest BCUT2D eigenvalue weighted by atomic mass is 10.1. The first kappa shape index (κ1) is 33.0. The first-order chi connectivity index (χ1) is 19.8. The molecule has 41 heavy (non-hydrogen) atoms. The molecule has 0 radical (unpaired) electrons. The number of amides is 1. The Morgan fingerprint density at radius 1 is 0.951 bits per heavy atom. The van der Waals surface area contributed by atoms with E-state index in [1.165, 1.54) is 24.7 Å². The van der Waals surface area contributed by atoms with Crippen LogP contribution >= 0.6 is 23.2 Å². The Labute approximate surface area is 255 Å². The van der Waals surface area contributed by atoms with E-state index in [1.807, 2.05) is 43.3 Å². The van der Waals surface area contributed by atoms with Gasteiger partial charge in [0.25, 0.3) is 0 Å². The van der Waals surface area contributed by atoms with Crippen LogP contribution in [0.2, 0.25) is 10.0 Å². The van der Waals surface area contributed by atoms with Gasteiger partial charge >= 0.3 is 5.97 Å². The van der Waals surface area contributed by atoms with Gasteiger partial charge in [0, 0.05) is 45.6 Å². The van der Waals surface area contributed by atoms with Gasteiger partial charge in [0.2, 0.25) is 5.91 Å². The maximum absolute atomic E-state index is 12.4. The third kappa shape index (κ3) is 10.7. The number of esters is 1. The number of benzene rings is 2. The topological polar surface area (TPSA) is 62.3 Å². The van der Waals surface area contributed by atoms with Crippen molar-refractivity contribution in [3.05, 3.63) is 52.0 Å². The molecule has 0 aromatic heterocycles. The molecule has 7 nitrogen and oxygen atoms in total. The molecule has 2 aromatic rings. The number of ether oxygens (including phenoxy) is 2. The molecule has 0 atom stereocenters. The van der Waals surface area contributed by atoms with Crippen molar-refractivity contribution in [2.45, 2.75) is 72.1 Å². The van der Waals surface area contributed by atoms with E-state index in [-0.39, 0.29) is 18.6 Å². The Kier molecular flexibility index (Phi) is 14.1. The second-order valence-corrected chi connectivity index (χ2v) is 11.4. The maximum Gasteiger partial charge on any atom is 0.307 e. The number of hydrogen-bond acceptors (Lipinski definition) is 6. The minimum absolute atomic E-state index is 0.0931. The largest absolute Gasteiger partial charge is 0.494 e. The van der Waals surface area contributed by atoms with E-state index < -0.39 is 0 Å². The Bertz CT molecular complexity index is 1120.